The molecule has 0 aromatic carbocycles. The molecule has 0 spiro atoms. The van der Waals surface area contributed by atoms with E-state index in [0.29, 0.717) is 19.1 Å². The number of hydrogen-bond donors (Lipinski definition) is 0. The lowest BCUT2D eigenvalue weighted by Crippen LogP contribution is -2.18. The van der Waals surface area contributed by atoms with Crippen LogP contribution in [0.4, 0.5) is 0 Å². The molecule has 0 aromatic rings. The van der Waals surface area contributed by atoms with Crippen LogP contribution in [0.3, 0.4) is 0 Å². The fourth-order valence-corrected chi connectivity index (χ4v) is 6.01. The molecule has 3 nitrogen and oxygen atoms in total. The Morgan fingerprint density at radius 2 is 1.75 bits per heavy atom. The zero-order chi connectivity index (χ0) is 11.6. The van der Waals surface area contributed by atoms with Crippen LogP contribution in [0.25, 0.3) is 0 Å². The van der Waals surface area contributed by atoms with Crippen LogP contribution < -0.4 is 0 Å². The van der Waals surface area contributed by atoms with Crippen molar-refractivity contribution in [3.8, 4) is 0 Å². The van der Waals surface area contributed by atoms with Gasteiger partial charge in [0.1, 0.15) is 0 Å². The molecule has 0 amide bonds. The third-order valence-electron chi connectivity index (χ3n) is 4.07. The predicted molar refractivity (Wildman–Crippen MR) is 64.7 cm³/mol. The highest BCUT2D eigenvalue weighted by Crippen LogP contribution is 2.63. The lowest BCUT2D eigenvalue weighted by atomic mass is 10.0. The van der Waals surface area contributed by atoms with Crippen molar-refractivity contribution in [1.29, 1.82) is 0 Å². The van der Waals surface area contributed by atoms with Gasteiger partial charge in [0, 0.05) is 0 Å². The first kappa shape index (κ1) is 12.6. The van der Waals surface area contributed by atoms with Crippen LogP contribution >= 0.6 is 7.60 Å². The summed E-state index contributed by atoms with van der Waals surface area (Å²) in [6.07, 6.45) is 6.09. The van der Waals surface area contributed by atoms with E-state index in [1.54, 1.807) is 0 Å². The van der Waals surface area contributed by atoms with Crippen molar-refractivity contribution in [3.63, 3.8) is 0 Å². The highest BCUT2D eigenvalue weighted by Gasteiger charge is 2.49. The molecule has 0 heterocycles. The first-order chi connectivity index (χ1) is 7.71. The second-order valence-corrected chi connectivity index (χ2v) is 7.13. The molecule has 0 radical (unpaired) electrons. The van der Waals surface area contributed by atoms with Gasteiger partial charge in [0.25, 0.3) is 0 Å². The van der Waals surface area contributed by atoms with E-state index in [-0.39, 0.29) is 5.66 Å². The Morgan fingerprint density at radius 1 is 1.06 bits per heavy atom. The Morgan fingerprint density at radius 3 is 2.38 bits per heavy atom. The van der Waals surface area contributed by atoms with Crippen molar-refractivity contribution in [1.82, 2.24) is 0 Å². The third kappa shape index (κ3) is 2.23. The Kier molecular flexibility index (Phi) is 4.10. The summed E-state index contributed by atoms with van der Waals surface area (Å²) in [7, 11) is -2.84. The van der Waals surface area contributed by atoms with Crippen LogP contribution in [0.1, 0.15) is 46.0 Å². The van der Waals surface area contributed by atoms with Crippen LogP contribution in [0.15, 0.2) is 0 Å². The molecule has 2 rings (SSSR count). The van der Waals surface area contributed by atoms with Gasteiger partial charge in [-0.05, 0) is 44.9 Å². The zero-order valence-corrected chi connectivity index (χ0v) is 11.2. The molecule has 0 aromatic heterocycles. The Balaban J connectivity index is 2.11. The number of rotatable bonds is 5. The molecule has 3 unspecified atom stereocenters. The molecule has 0 N–H and O–H groups in total. The smallest absolute Gasteiger partial charge is 0.309 e. The maximum atomic E-state index is 12.7. The van der Waals surface area contributed by atoms with Gasteiger partial charge in [-0.25, -0.2) is 0 Å². The van der Waals surface area contributed by atoms with Crippen molar-refractivity contribution in [2.24, 2.45) is 11.8 Å². The number of fused-ring (bicyclic) bond motifs is 1. The van der Waals surface area contributed by atoms with Crippen molar-refractivity contribution in [3.05, 3.63) is 0 Å². The molecule has 94 valence electrons. The van der Waals surface area contributed by atoms with Gasteiger partial charge < -0.3 is 9.05 Å². The van der Waals surface area contributed by atoms with E-state index in [1.165, 1.54) is 25.7 Å². The lowest BCUT2D eigenvalue weighted by molar-refractivity contribution is 0.205. The fraction of sp³-hybridized carbons (Fsp3) is 1.00. The summed E-state index contributed by atoms with van der Waals surface area (Å²) in [6.45, 7) is 4.77. The van der Waals surface area contributed by atoms with Gasteiger partial charge in [-0.2, -0.15) is 0 Å². The lowest BCUT2D eigenvalue weighted by Gasteiger charge is -2.27. The molecule has 0 aliphatic heterocycles. The van der Waals surface area contributed by atoms with Gasteiger partial charge in [-0.15, -0.1) is 0 Å². The Labute approximate surface area is 98.4 Å². The summed E-state index contributed by atoms with van der Waals surface area (Å²) in [4.78, 5) is 0. The molecule has 2 aliphatic rings. The van der Waals surface area contributed by atoms with Gasteiger partial charge in [0.05, 0.1) is 18.9 Å². The molecule has 2 saturated carbocycles. The minimum absolute atomic E-state index is 0.180. The fourth-order valence-electron chi connectivity index (χ4n) is 3.51. The minimum atomic E-state index is -2.84. The largest absolute Gasteiger partial charge is 0.333 e. The monoisotopic (exact) mass is 246 g/mol. The van der Waals surface area contributed by atoms with Crippen LogP contribution in [0.2, 0.25) is 0 Å². The zero-order valence-electron chi connectivity index (χ0n) is 10.4. The van der Waals surface area contributed by atoms with E-state index in [9.17, 15) is 4.57 Å². The van der Waals surface area contributed by atoms with Crippen molar-refractivity contribution in [2.45, 2.75) is 51.6 Å². The van der Waals surface area contributed by atoms with Crippen molar-refractivity contribution < 1.29 is 13.6 Å². The molecule has 2 aliphatic carbocycles. The van der Waals surface area contributed by atoms with E-state index < -0.39 is 7.60 Å². The van der Waals surface area contributed by atoms with Gasteiger partial charge in [-0.1, -0.05) is 12.8 Å². The average Bonchev–Trinajstić information content (AvgIpc) is 2.78. The molecule has 2 fully saturated rings. The van der Waals surface area contributed by atoms with Crippen LogP contribution in [-0.4, -0.2) is 18.9 Å². The quantitative estimate of drug-likeness (QED) is 0.691. The Hall–Kier alpha value is 0.150. The normalized spacial score (nSPS) is 34.2. The molecule has 4 heteroatoms. The van der Waals surface area contributed by atoms with E-state index in [2.05, 4.69) is 0 Å². The number of hydrogen-bond acceptors (Lipinski definition) is 3. The van der Waals surface area contributed by atoms with E-state index in [1.807, 2.05) is 13.8 Å². The average molecular weight is 246 g/mol. The van der Waals surface area contributed by atoms with Gasteiger partial charge >= 0.3 is 7.60 Å². The Bertz CT molecular complexity index is 269. The van der Waals surface area contributed by atoms with E-state index in [0.717, 1.165) is 12.3 Å². The minimum Gasteiger partial charge on any atom is -0.309 e. The molecular formula is C12H23O3P. The van der Waals surface area contributed by atoms with Crippen molar-refractivity contribution >= 4 is 7.60 Å². The van der Waals surface area contributed by atoms with Gasteiger partial charge in [0.2, 0.25) is 0 Å². The van der Waals surface area contributed by atoms with Crippen molar-refractivity contribution in [2.75, 3.05) is 13.2 Å². The van der Waals surface area contributed by atoms with Crippen LogP contribution in [-0.2, 0) is 13.6 Å². The summed E-state index contributed by atoms with van der Waals surface area (Å²) >= 11 is 0. The third-order valence-corrected chi connectivity index (χ3v) is 6.76. The summed E-state index contributed by atoms with van der Waals surface area (Å²) in [5, 5.41) is 0. The molecular weight excluding hydrogens is 223 g/mol. The molecule has 3 atom stereocenters. The summed E-state index contributed by atoms with van der Waals surface area (Å²) < 4.78 is 23.7. The summed E-state index contributed by atoms with van der Waals surface area (Å²) in [5.41, 5.74) is 0.180. The van der Waals surface area contributed by atoms with Crippen LogP contribution in [0.5, 0.6) is 0 Å². The first-order valence-corrected chi connectivity index (χ1v) is 8.21. The van der Waals surface area contributed by atoms with Gasteiger partial charge in [-0.3, -0.25) is 4.57 Å². The van der Waals surface area contributed by atoms with Gasteiger partial charge in [0.15, 0.2) is 0 Å². The molecule has 0 bridgehead atoms. The highest BCUT2D eigenvalue weighted by molar-refractivity contribution is 7.54. The summed E-state index contributed by atoms with van der Waals surface area (Å²) in [6, 6.07) is 0. The van der Waals surface area contributed by atoms with E-state index in [4.69, 9.17) is 9.05 Å². The SMILES string of the molecule is CCOP(=O)(OCC)C1CCC2CCCC21. The first-order valence-electron chi connectivity index (χ1n) is 6.60. The topological polar surface area (TPSA) is 35.5 Å². The molecule has 0 saturated heterocycles. The second-order valence-electron chi connectivity index (χ2n) is 4.87. The maximum Gasteiger partial charge on any atom is 0.333 e. The maximum absolute atomic E-state index is 12.7. The molecule has 16 heavy (non-hydrogen) atoms. The second kappa shape index (κ2) is 5.20. The van der Waals surface area contributed by atoms with E-state index >= 15 is 0 Å². The summed E-state index contributed by atoms with van der Waals surface area (Å²) in [5.74, 6) is 1.39. The predicted octanol–water partition coefficient (Wildman–Crippen LogP) is 3.83. The standard InChI is InChI=1S/C12H23O3P/c1-3-14-16(13,15-4-2)12-9-8-10-6-5-7-11(10)12/h10-12H,3-9H2,1-2H3. The highest BCUT2D eigenvalue weighted by atomic mass is 31.2. The van der Waals surface area contributed by atoms with Crippen LogP contribution in [0, 0.1) is 11.8 Å².